The molecule has 2 N–H and O–H groups in total. The van der Waals surface area contributed by atoms with Crippen LogP contribution in [0.3, 0.4) is 0 Å². The number of aryl methyl sites for hydroxylation is 3. The van der Waals surface area contributed by atoms with Gasteiger partial charge in [-0.1, -0.05) is 19.1 Å². The van der Waals surface area contributed by atoms with Gasteiger partial charge in [-0.05, 0) is 24.5 Å². The Bertz CT molecular complexity index is 709. The van der Waals surface area contributed by atoms with Gasteiger partial charge in [0.25, 0.3) is 0 Å². The molecule has 0 aliphatic rings. The normalized spacial score (nSPS) is 11.1. The van der Waals surface area contributed by atoms with Crippen molar-refractivity contribution >= 4 is 22.9 Å². The van der Waals surface area contributed by atoms with Gasteiger partial charge in [-0.3, -0.25) is 5.32 Å². The Balaban J connectivity index is 2.16. The maximum absolute atomic E-state index is 4.71. The molecule has 19 heavy (non-hydrogen) atoms. The zero-order chi connectivity index (χ0) is 13.4. The Morgan fingerprint density at radius 1 is 1.37 bits per heavy atom. The van der Waals surface area contributed by atoms with E-state index in [-0.39, 0.29) is 0 Å². The minimum atomic E-state index is 0.703. The number of imidazole rings is 2. The van der Waals surface area contributed by atoms with E-state index < -0.39 is 0 Å². The Kier molecular flexibility index (Phi) is 2.74. The molecule has 0 aliphatic carbocycles. The lowest BCUT2D eigenvalue weighted by molar-refractivity contribution is 0.949. The molecule has 0 bridgehead atoms. The van der Waals surface area contributed by atoms with Gasteiger partial charge in [-0.25, -0.2) is 9.97 Å². The van der Waals surface area contributed by atoms with Crippen LogP contribution in [-0.4, -0.2) is 19.5 Å². The molecule has 2 heterocycles. The lowest BCUT2D eigenvalue weighted by Gasteiger charge is -2.05. The van der Waals surface area contributed by atoms with Crippen molar-refractivity contribution in [3.8, 4) is 0 Å². The number of H-pyrrole nitrogens is 1. The third-order valence-electron chi connectivity index (χ3n) is 3.42. The van der Waals surface area contributed by atoms with Crippen LogP contribution in [0.5, 0.6) is 0 Å². The molecule has 0 saturated heterocycles. The maximum atomic E-state index is 4.71. The fourth-order valence-electron chi connectivity index (χ4n) is 2.39. The van der Waals surface area contributed by atoms with Crippen LogP contribution in [0.2, 0.25) is 0 Å². The van der Waals surface area contributed by atoms with Crippen LogP contribution in [-0.2, 0) is 13.5 Å². The van der Waals surface area contributed by atoms with Crippen molar-refractivity contribution in [1.29, 1.82) is 0 Å². The summed E-state index contributed by atoms with van der Waals surface area (Å²) in [6, 6.07) is 4.31. The van der Waals surface area contributed by atoms with Gasteiger partial charge in [0.15, 0.2) is 0 Å². The first-order valence-corrected chi connectivity index (χ1v) is 6.42. The second kappa shape index (κ2) is 4.42. The van der Waals surface area contributed by atoms with Crippen LogP contribution < -0.4 is 5.32 Å². The van der Waals surface area contributed by atoms with Crippen molar-refractivity contribution in [2.75, 3.05) is 5.32 Å². The van der Waals surface area contributed by atoms with Gasteiger partial charge in [0.05, 0.1) is 11.0 Å². The van der Waals surface area contributed by atoms with Crippen LogP contribution in [0.1, 0.15) is 18.1 Å². The highest BCUT2D eigenvalue weighted by Crippen LogP contribution is 2.26. The van der Waals surface area contributed by atoms with Gasteiger partial charge in [-0.15, -0.1) is 0 Å². The van der Waals surface area contributed by atoms with E-state index in [1.807, 2.05) is 7.05 Å². The maximum Gasteiger partial charge on any atom is 0.210 e. The molecule has 3 aromatic rings. The molecule has 0 radical (unpaired) electrons. The van der Waals surface area contributed by atoms with Crippen molar-refractivity contribution in [2.45, 2.75) is 20.3 Å². The van der Waals surface area contributed by atoms with Gasteiger partial charge in [0.2, 0.25) is 11.9 Å². The minimum absolute atomic E-state index is 0.703. The third-order valence-corrected chi connectivity index (χ3v) is 3.42. The molecule has 5 nitrogen and oxygen atoms in total. The molecule has 0 spiro atoms. The van der Waals surface area contributed by atoms with Crippen LogP contribution >= 0.6 is 0 Å². The summed E-state index contributed by atoms with van der Waals surface area (Å²) in [5.41, 5.74) is 4.74. The fourth-order valence-corrected chi connectivity index (χ4v) is 2.39. The molecule has 0 fully saturated rings. The van der Waals surface area contributed by atoms with Crippen molar-refractivity contribution in [1.82, 2.24) is 19.5 Å². The van der Waals surface area contributed by atoms with Crippen molar-refractivity contribution in [3.63, 3.8) is 0 Å². The van der Waals surface area contributed by atoms with Crippen LogP contribution in [0.4, 0.5) is 11.9 Å². The zero-order valence-corrected chi connectivity index (χ0v) is 11.4. The monoisotopic (exact) mass is 255 g/mol. The van der Waals surface area contributed by atoms with Crippen molar-refractivity contribution in [3.05, 3.63) is 35.7 Å². The highest BCUT2D eigenvalue weighted by molar-refractivity contribution is 5.85. The van der Waals surface area contributed by atoms with E-state index in [1.165, 1.54) is 16.6 Å². The molecule has 0 saturated carbocycles. The van der Waals surface area contributed by atoms with Crippen LogP contribution in [0.25, 0.3) is 11.0 Å². The summed E-state index contributed by atoms with van der Waals surface area (Å²) in [7, 11) is 2.02. The molecule has 2 aromatic heterocycles. The highest BCUT2D eigenvalue weighted by Gasteiger charge is 2.13. The summed E-state index contributed by atoms with van der Waals surface area (Å²) in [6.45, 7) is 4.26. The summed E-state index contributed by atoms with van der Waals surface area (Å²) < 4.78 is 2.08. The van der Waals surface area contributed by atoms with Gasteiger partial charge >= 0.3 is 0 Å². The molecule has 3 rings (SSSR count). The smallest absolute Gasteiger partial charge is 0.210 e. The fraction of sp³-hybridized carbons (Fsp3) is 0.286. The summed E-state index contributed by atoms with van der Waals surface area (Å²) in [5, 5.41) is 3.21. The summed E-state index contributed by atoms with van der Waals surface area (Å²) in [5.74, 6) is 1.50. The summed E-state index contributed by atoms with van der Waals surface area (Å²) in [4.78, 5) is 11.9. The number of nitrogens with zero attached hydrogens (tertiary/aromatic N) is 3. The Labute approximate surface area is 111 Å². The Hall–Kier alpha value is -2.30. The predicted octanol–water partition coefficient (Wildman–Crippen LogP) is 2.91. The summed E-state index contributed by atoms with van der Waals surface area (Å²) in [6.07, 6.45) is 4.48. The van der Waals surface area contributed by atoms with Gasteiger partial charge in [-0.2, -0.15) is 0 Å². The Morgan fingerprint density at radius 2 is 2.21 bits per heavy atom. The molecular formula is C14H17N5. The lowest BCUT2D eigenvalue weighted by atomic mass is 10.1. The van der Waals surface area contributed by atoms with Gasteiger partial charge in [0.1, 0.15) is 0 Å². The number of aromatic nitrogens is 4. The molecule has 0 aliphatic heterocycles. The minimum Gasteiger partial charge on any atom is -0.331 e. The number of hydrogen-bond acceptors (Lipinski definition) is 3. The quantitative estimate of drug-likeness (QED) is 0.756. The predicted molar refractivity (Wildman–Crippen MR) is 76.7 cm³/mol. The number of nitrogens with one attached hydrogen (secondary N) is 2. The molecule has 0 atom stereocenters. The first kappa shape index (κ1) is 11.8. The second-order valence-electron chi connectivity index (χ2n) is 4.65. The van der Waals surface area contributed by atoms with Crippen LogP contribution in [0.15, 0.2) is 24.5 Å². The number of benzene rings is 1. The first-order chi connectivity index (χ1) is 9.20. The molecule has 1 aromatic carbocycles. The van der Waals surface area contributed by atoms with E-state index in [9.17, 15) is 0 Å². The number of fused-ring (bicyclic) bond motifs is 1. The Morgan fingerprint density at radius 3 is 2.89 bits per heavy atom. The average Bonchev–Trinajstić information content (AvgIpc) is 3.01. The molecular weight excluding hydrogens is 238 g/mol. The first-order valence-electron chi connectivity index (χ1n) is 6.42. The van der Waals surface area contributed by atoms with Crippen molar-refractivity contribution < 1.29 is 0 Å². The van der Waals surface area contributed by atoms with Crippen LogP contribution in [0, 0.1) is 6.92 Å². The van der Waals surface area contributed by atoms with E-state index in [2.05, 4.69) is 45.8 Å². The largest absolute Gasteiger partial charge is 0.331 e. The summed E-state index contributed by atoms with van der Waals surface area (Å²) >= 11 is 0. The zero-order valence-electron chi connectivity index (χ0n) is 11.4. The lowest BCUT2D eigenvalue weighted by Crippen LogP contribution is -2.00. The molecule has 98 valence electrons. The number of hydrogen-bond donors (Lipinski definition) is 2. The highest BCUT2D eigenvalue weighted by atomic mass is 15.2. The van der Waals surface area contributed by atoms with E-state index in [4.69, 9.17) is 4.98 Å². The average molecular weight is 255 g/mol. The number of rotatable bonds is 3. The van der Waals surface area contributed by atoms with E-state index >= 15 is 0 Å². The van der Waals surface area contributed by atoms with Gasteiger partial charge < -0.3 is 9.55 Å². The number of anilines is 2. The second-order valence-corrected chi connectivity index (χ2v) is 4.65. The topological polar surface area (TPSA) is 58.5 Å². The molecule has 0 amide bonds. The SMILES string of the molecule is CCc1ccc(C)c2c1nc(Nc1ncc[nH]1)n2C. The van der Waals surface area contributed by atoms with Crippen molar-refractivity contribution in [2.24, 2.45) is 7.05 Å². The van der Waals surface area contributed by atoms with Gasteiger partial charge in [0, 0.05) is 19.4 Å². The standard InChI is InChI=1S/C14H17N5/c1-4-10-6-5-9(2)12-11(10)17-14(19(12)3)18-13-15-7-8-16-13/h5-8H,4H2,1-3H3,(H2,15,16,17,18). The van der Waals surface area contributed by atoms with E-state index in [0.717, 1.165) is 17.9 Å². The van der Waals surface area contributed by atoms with E-state index in [0.29, 0.717) is 5.95 Å². The van der Waals surface area contributed by atoms with E-state index in [1.54, 1.807) is 12.4 Å². The molecule has 0 unspecified atom stereocenters. The number of aromatic amines is 1. The third kappa shape index (κ3) is 1.87. The molecule has 5 heteroatoms.